The van der Waals surface area contributed by atoms with Crippen LogP contribution in [0.2, 0.25) is 0 Å². The maximum absolute atomic E-state index is 3.99. The van der Waals surface area contributed by atoms with Gasteiger partial charge in [-0.2, -0.15) is 0 Å². The first-order valence-electron chi connectivity index (χ1n) is 1.67. The zero-order valence-electron chi connectivity index (χ0n) is 3.10. The number of alkyl halides is 1. The molecule has 0 saturated heterocycles. The van der Waals surface area contributed by atoms with Crippen molar-refractivity contribution in [1.29, 1.82) is 0 Å². The van der Waals surface area contributed by atoms with Crippen molar-refractivity contribution in [2.24, 2.45) is 4.99 Å². The average molecular weight is 166 g/mol. The fourth-order valence-corrected chi connectivity index (χ4v) is 1.42. The SMILES string of the molecule is BrC1N=CCS1. The number of aliphatic imine (C=N–C) groups is 1. The Labute approximate surface area is 49.3 Å². The van der Waals surface area contributed by atoms with Crippen molar-refractivity contribution in [1.82, 2.24) is 0 Å². The van der Waals surface area contributed by atoms with E-state index in [2.05, 4.69) is 20.9 Å². The van der Waals surface area contributed by atoms with Gasteiger partial charge in [-0.25, -0.2) is 0 Å². The van der Waals surface area contributed by atoms with Gasteiger partial charge >= 0.3 is 0 Å². The highest BCUT2D eigenvalue weighted by molar-refractivity contribution is 9.11. The minimum absolute atomic E-state index is 0.345. The van der Waals surface area contributed by atoms with E-state index in [4.69, 9.17) is 0 Å². The van der Waals surface area contributed by atoms with Crippen molar-refractivity contribution >= 4 is 33.9 Å². The van der Waals surface area contributed by atoms with E-state index in [1.165, 1.54) is 0 Å². The van der Waals surface area contributed by atoms with Crippen LogP contribution in [0.1, 0.15) is 0 Å². The Morgan fingerprint density at radius 2 is 2.83 bits per heavy atom. The van der Waals surface area contributed by atoms with Gasteiger partial charge in [0.05, 0.1) is 0 Å². The van der Waals surface area contributed by atoms with Crippen LogP contribution < -0.4 is 0 Å². The Hall–Kier alpha value is 0.500. The minimum atomic E-state index is 0.345. The Bertz CT molecular complexity index is 73.2. The van der Waals surface area contributed by atoms with E-state index in [1.54, 1.807) is 11.8 Å². The molecule has 34 valence electrons. The van der Waals surface area contributed by atoms with Crippen LogP contribution in [-0.4, -0.2) is 16.3 Å². The number of nitrogens with zero attached hydrogens (tertiary/aromatic N) is 1. The van der Waals surface area contributed by atoms with Crippen LogP contribution >= 0.6 is 27.7 Å². The molecule has 0 amide bonds. The Morgan fingerprint density at radius 3 is 3.00 bits per heavy atom. The molecule has 6 heavy (non-hydrogen) atoms. The molecule has 0 N–H and O–H groups in total. The van der Waals surface area contributed by atoms with Crippen LogP contribution in [0.15, 0.2) is 4.99 Å². The predicted octanol–water partition coefficient (Wildman–Crippen LogP) is 1.48. The summed E-state index contributed by atoms with van der Waals surface area (Å²) in [4.78, 5) is 3.99. The maximum atomic E-state index is 3.99. The first-order chi connectivity index (χ1) is 2.89. The van der Waals surface area contributed by atoms with Gasteiger partial charge < -0.3 is 0 Å². The molecule has 0 aromatic heterocycles. The number of halogens is 1. The second-order valence-electron chi connectivity index (χ2n) is 0.957. The lowest BCUT2D eigenvalue weighted by Crippen LogP contribution is -1.71. The molecular weight excluding hydrogens is 162 g/mol. The van der Waals surface area contributed by atoms with Gasteiger partial charge in [-0.1, -0.05) is 15.9 Å². The summed E-state index contributed by atoms with van der Waals surface area (Å²) < 4.78 is 0.345. The summed E-state index contributed by atoms with van der Waals surface area (Å²) in [5, 5.41) is 0. The standard InChI is InChI=1S/C3H4BrNS/c4-3-5-1-2-6-3/h1,3H,2H2. The molecular formula is C3H4BrNS. The summed E-state index contributed by atoms with van der Waals surface area (Å²) in [7, 11) is 0. The largest absolute Gasteiger partial charge is 0.271 e. The normalized spacial score (nSPS) is 31.8. The minimum Gasteiger partial charge on any atom is -0.271 e. The molecule has 1 heterocycles. The van der Waals surface area contributed by atoms with E-state index in [9.17, 15) is 0 Å². The number of hydrogen-bond acceptors (Lipinski definition) is 2. The zero-order valence-corrected chi connectivity index (χ0v) is 5.50. The first-order valence-corrected chi connectivity index (χ1v) is 3.63. The Morgan fingerprint density at radius 1 is 2.00 bits per heavy atom. The highest BCUT2D eigenvalue weighted by Gasteiger charge is 2.02. The van der Waals surface area contributed by atoms with E-state index in [-0.39, 0.29) is 0 Å². The van der Waals surface area contributed by atoms with Crippen LogP contribution in [0.4, 0.5) is 0 Å². The molecule has 1 nitrogen and oxygen atoms in total. The molecule has 1 aliphatic rings. The second-order valence-corrected chi connectivity index (χ2v) is 3.54. The van der Waals surface area contributed by atoms with E-state index in [0.717, 1.165) is 5.75 Å². The summed E-state index contributed by atoms with van der Waals surface area (Å²) in [5.74, 6) is 1.07. The molecule has 1 rings (SSSR count). The third-order valence-corrected chi connectivity index (χ3v) is 2.30. The third-order valence-electron chi connectivity index (χ3n) is 0.531. The smallest absolute Gasteiger partial charge is 0.150 e. The lowest BCUT2D eigenvalue weighted by Gasteiger charge is -1.86. The third kappa shape index (κ3) is 0.980. The highest BCUT2D eigenvalue weighted by Crippen LogP contribution is 2.21. The lowest BCUT2D eigenvalue weighted by atomic mass is 10.9. The van der Waals surface area contributed by atoms with Gasteiger partial charge in [-0.15, -0.1) is 11.8 Å². The van der Waals surface area contributed by atoms with Crippen molar-refractivity contribution in [2.45, 2.75) is 4.28 Å². The molecule has 1 aliphatic heterocycles. The summed E-state index contributed by atoms with van der Waals surface area (Å²) in [6, 6.07) is 0. The molecule has 1 atom stereocenters. The summed E-state index contributed by atoms with van der Waals surface area (Å²) in [5.41, 5.74) is 0. The molecule has 0 aromatic rings. The van der Waals surface area contributed by atoms with Gasteiger partial charge in [-0.3, -0.25) is 4.99 Å². The van der Waals surface area contributed by atoms with Crippen molar-refractivity contribution in [3.8, 4) is 0 Å². The molecule has 0 aromatic carbocycles. The monoisotopic (exact) mass is 165 g/mol. The number of thioether (sulfide) groups is 1. The van der Waals surface area contributed by atoms with Gasteiger partial charge in [0.15, 0.2) is 0 Å². The van der Waals surface area contributed by atoms with Gasteiger partial charge in [0.2, 0.25) is 0 Å². The van der Waals surface area contributed by atoms with Crippen LogP contribution in [0, 0.1) is 0 Å². The highest BCUT2D eigenvalue weighted by atomic mass is 79.9. The van der Waals surface area contributed by atoms with Crippen LogP contribution in [-0.2, 0) is 0 Å². The topological polar surface area (TPSA) is 12.4 Å². The molecule has 0 bridgehead atoms. The van der Waals surface area contributed by atoms with Gasteiger partial charge in [0, 0.05) is 12.0 Å². The molecule has 0 spiro atoms. The van der Waals surface area contributed by atoms with Crippen molar-refractivity contribution in [3.05, 3.63) is 0 Å². The van der Waals surface area contributed by atoms with Gasteiger partial charge in [-0.05, 0) is 0 Å². The zero-order chi connectivity index (χ0) is 4.41. The van der Waals surface area contributed by atoms with Crippen LogP contribution in [0.5, 0.6) is 0 Å². The van der Waals surface area contributed by atoms with E-state index in [1.807, 2.05) is 6.21 Å². The number of hydrogen-bond donors (Lipinski definition) is 0. The predicted molar refractivity (Wildman–Crippen MR) is 33.7 cm³/mol. The molecule has 1 unspecified atom stereocenters. The van der Waals surface area contributed by atoms with Crippen molar-refractivity contribution in [2.75, 3.05) is 5.75 Å². The molecule has 3 heteroatoms. The summed E-state index contributed by atoms with van der Waals surface area (Å²) in [6.07, 6.45) is 1.92. The fourth-order valence-electron chi connectivity index (χ4n) is 0.291. The van der Waals surface area contributed by atoms with Gasteiger partial charge in [0.1, 0.15) is 4.28 Å². The van der Waals surface area contributed by atoms with E-state index in [0.29, 0.717) is 4.28 Å². The van der Waals surface area contributed by atoms with Crippen molar-refractivity contribution in [3.63, 3.8) is 0 Å². The first kappa shape index (κ1) is 4.65. The lowest BCUT2D eigenvalue weighted by molar-refractivity contribution is 1.36. The van der Waals surface area contributed by atoms with Gasteiger partial charge in [0.25, 0.3) is 0 Å². The Kier molecular flexibility index (Phi) is 1.54. The van der Waals surface area contributed by atoms with Crippen molar-refractivity contribution < 1.29 is 0 Å². The van der Waals surface area contributed by atoms with E-state index >= 15 is 0 Å². The average Bonchev–Trinajstić information content (AvgIpc) is 1.86. The quantitative estimate of drug-likeness (QED) is 0.392. The Balaban J connectivity index is 2.38. The van der Waals surface area contributed by atoms with Crippen LogP contribution in [0.25, 0.3) is 0 Å². The molecule has 0 radical (unpaired) electrons. The fraction of sp³-hybridized carbons (Fsp3) is 0.667. The molecule has 0 saturated carbocycles. The number of rotatable bonds is 0. The van der Waals surface area contributed by atoms with Crippen LogP contribution in [0.3, 0.4) is 0 Å². The summed E-state index contributed by atoms with van der Waals surface area (Å²) in [6.45, 7) is 0. The van der Waals surface area contributed by atoms with E-state index < -0.39 is 0 Å². The maximum Gasteiger partial charge on any atom is 0.150 e. The summed E-state index contributed by atoms with van der Waals surface area (Å²) >= 11 is 5.09. The molecule has 0 aliphatic carbocycles. The second kappa shape index (κ2) is 1.98. The molecule has 0 fully saturated rings.